The predicted octanol–water partition coefficient (Wildman–Crippen LogP) is 3.74. The molecule has 0 aliphatic carbocycles. The smallest absolute Gasteiger partial charge is 0.131 e. The standard InChI is InChI=1S/C14H17BrClN3O/c1-8(17)11-5-4-10(15)6-13(11)20-7-12-14(16)9(2)18-19(12)3/h4-6,8H,7,17H2,1-3H3. The summed E-state index contributed by atoms with van der Waals surface area (Å²) in [5.74, 6) is 0.754. The van der Waals surface area contributed by atoms with Gasteiger partial charge in [0.15, 0.2) is 0 Å². The first-order valence-corrected chi connectivity index (χ1v) is 7.43. The summed E-state index contributed by atoms with van der Waals surface area (Å²) in [6, 6.07) is 5.73. The molecule has 108 valence electrons. The molecule has 6 heteroatoms. The van der Waals surface area contributed by atoms with Crippen LogP contribution in [0.25, 0.3) is 0 Å². The van der Waals surface area contributed by atoms with Crippen LogP contribution in [0.1, 0.15) is 29.9 Å². The molecule has 1 heterocycles. The monoisotopic (exact) mass is 357 g/mol. The second-order valence-corrected chi connectivity index (χ2v) is 6.02. The number of hydrogen-bond donors (Lipinski definition) is 1. The molecule has 2 N–H and O–H groups in total. The number of halogens is 2. The second kappa shape index (κ2) is 6.16. The lowest BCUT2D eigenvalue weighted by Gasteiger charge is -2.14. The molecule has 4 nitrogen and oxygen atoms in total. The Balaban J connectivity index is 2.24. The molecule has 0 amide bonds. The number of hydrogen-bond acceptors (Lipinski definition) is 3. The molecule has 1 atom stereocenters. The van der Waals surface area contributed by atoms with Crippen molar-refractivity contribution in [2.45, 2.75) is 26.5 Å². The summed E-state index contributed by atoms with van der Waals surface area (Å²) < 4.78 is 8.57. The lowest BCUT2D eigenvalue weighted by Crippen LogP contribution is -2.09. The molecule has 0 saturated heterocycles. The molecule has 2 aromatic rings. The van der Waals surface area contributed by atoms with E-state index in [-0.39, 0.29) is 6.04 Å². The van der Waals surface area contributed by atoms with Crippen LogP contribution < -0.4 is 10.5 Å². The average molecular weight is 359 g/mol. The largest absolute Gasteiger partial charge is 0.487 e. The van der Waals surface area contributed by atoms with Crippen molar-refractivity contribution in [1.82, 2.24) is 9.78 Å². The first kappa shape index (κ1) is 15.4. The molecule has 0 saturated carbocycles. The van der Waals surface area contributed by atoms with Crippen LogP contribution in [0.3, 0.4) is 0 Å². The zero-order chi connectivity index (χ0) is 14.9. The van der Waals surface area contributed by atoms with Crippen LogP contribution in [0.5, 0.6) is 5.75 Å². The average Bonchev–Trinajstić information content (AvgIpc) is 2.61. The van der Waals surface area contributed by atoms with Crippen molar-refractivity contribution in [2.75, 3.05) is 0 Å². The van der Waals surface area contributed by atoms with Gasteiger partial charge >= 0.3 is 0 Å². The Hall–Kier alpha value is -1.04. The molecule has 0 aliphatic heterocycles. The van der Waals surface area contributed by atoms with E-state index in [9.17, 15) is 0 Å². The SMILES string of the molecule is Cc1nn(C)c(COc2cc(Br)ccc2C(C)N)c1Cl. The number of aromatic nitrogens is 2. The van der Waals surface area contributed by atoms with Gasteiger partial charge in [0.25, 0.3) is 0 Å². The van der Waals surface area contributed by atoms with Gasteiger partial charge in [-0.05, 0) is 26.0 Å². The van der Waals surface area contributed by atoms with Gasteiger partial charge in [-0.1, -0.05) is 33.6 Å². The number of nitrogens with two attached hydrogens (primary N) is 1. The highest BCUT2D eigenvalue weighted by molar-refractivity contribution is 9.10. The maximum Gasteiger partial charge on any atom is 0.131 e. The fourth-order valence-corrected chi connectivity index (χ4v) is 2.55. The van der Waals surface area contributed by atoms with E-state index in [0.717, 1.165) is 27.2 Å². The van der Waals surface area contributed by atoms with Gasteiger partial charge in [0.05, 0.1) is 16.4 Å². The zero-order valence-electron chi connectivity index (χ0n) is 11.7. The molecular weight excluding hydrogens is 342 g/mol. The van der Waals surface area contributed by atoms with Gasteiger partial charge in [-0.25, -0.2) is 0 Å². The lowest BCUT2D eigenvalue weighted by molar-refractivity contribution is 0.290. The molecule has 1 aromatic carbocycles. The van der Waals surface area contributed by atoms with Crippen molar-refractivity contribution in [3.05, 3.63) is 44.6 Å². The van der Waals surface area contributed by atoms with E-state index in [2.05, 4.69) is 21.0 Å². The quantitative estimate of drug-likeness (QED) is 0.905. The van der Waals surface area contributed by atoms with Gasteiger partial charge in [-0.15, -0.1) is 0 Å². The summed E-state index contributed by atoms with van der Waals surface area (Å²) in [6.45, 7) is 4.15. The van der Waals surface area contributed by atoms with Crippen LogP contribution in [0.15, 0.2) is 22.7 Å². The third kappa shape index (κ3) is 3.16. The van der Waals surface area contributed by atoms with Gasteiger partial charge < -0.3 is 10.5 Å². The minimum absolute atomic E-state index is 0.0955. The van der Waals surface area contributed by atoms with Gasteiger partial charge in [-0.2, -0.15) is 5.10 Å². The summed E-state index contributed by atoms with van der Waals surface area (Å²) in [6.07, 6.45) is 0. The Labute approximate surface area is 132 Å². The maximum absolute atomic E-state index is 6.22. The molecule has 20 heavy (non-hydrogen) atoms. The van der Waals surface area contributed by atoms with Crippen LogP contribution in [0.2, 0.25) is 5.02 Å². The topological polar surface area (TPSA) is 53.1 Å². The minimum atomic E-state index is -0.0955. The van der Waals surface area contributed by atoms with Crippen LogP contribution in [0, 0.1) is 6.92 Å². The Morgan fingerprint density at radius 2 is 2.20 bits per heavy atom. The Bertz CT molecular complexity index is 625. The van der Waals surface area contributed by atoms with Crippen molar-refractivity contribution in [3.8, 4) is 5.75 Å². The van der Waals surface area contributed by atoms with Gasteiger partial charge in [0, 0.05) is 23.1 Å². The second-order valence-electron chi connectivity index (χ2n) is 4.73. The van der Waals surface area contributed by atoms with Crippen molar-refractivity contribution in [3.63, 3.8) is 0 Å². The predicted molar refractivity (Wildman–Crippen MR) is 84.0 cm³/mol. The van der Waals surface area contributed by atoms with Crippen molar-refractivity contribution in [2.24, 2.45) is 12.8 Å². The lowest BCUT2D eigenvalue weighted by atomic mass is 10.1. The summed E-state index contributed by atoms with van der Waals surface area (Å²) >= 11 is 9.66. The number of nitrogens with zero attached hydrogens (tertiary/aromatic N) is 2. The van der Waals surface area contributed by atoms with E-state index < -0.39 is 0 Å². The first-order valence-electron chi connectivity index (χ1n) is 6.26. The van der Waals surface area contributed by atoms with E-state index >= 15 is 0 Å². The van der Waals surface area contributed by atoms with E-state index in [1.807, 2.05) is 39.1 Å². The number of benzene rings is 1. The first-order chi connectivity index (χ1) is 9.40. The highest BCUT2D eigenvalue weighted by Crippen LogP contribution is 2.29. The molecule has 2 rings (SSSR count). The molecule has 0 fully saturated rings. The zero-order valence-corrected chi connectivity index (χ0v) is 14.0. The third-order valence-corrected chi connectivity index (χ3v) is 4.08. The summed E-state index contributed by atoms with van der Waals surface area (Å²) in [5.41, 5.74) is 8.57. The fourth-order valence-electron chi connectivity index (χ4n) is 1.99. The van der Waals surface area contributed by atoms with Crippen LogP contribution in [-0.2, 0) is 13.7 Å². The Kier molecular flexibility index (Phi) is 4.73. The highest BCUT2D eigenvalue weighted by atomic mass is 79.9. The fraction of sp³-hybridized carbons (Fsp3) is 0.357. The molecule has 0 aliphatic rings. The van der Waals surface area contributed by atoms with E-state index in [1.54, 1.807) is 4.68 Å². The van der Waals surface area contributed by atoms with Gasteiger partial charge in [0.2, 0.25) is 0 Å². The molecular formula is C14H17BrClN3O. The summed E-state index contributed by atoms with van der Waals surface area (Å²) in [4.78, 5) is 0. The summed E-state index contributed by atoms with van der Waals surface area (Å²) in [5, 5.41) is 4.91. The van der Waals surface area contributed by atoms with Gasteiger partial charge in [-0.3, -0.25) is 4.68 Å². The van der Waals surface area contributed by atoms with Crippen molar-refractivity contribution < 1.29 is 4.74 Å². The Morgan fingerprint density at radius 3 is 2.75 bits per heavy atom. The minimum Gasteiger partial charge on any atom is -0.487 e. The van der Waals surface area contributed by atoms with Crippen molar-refractivity contribution in [1.29, 1.82) is 0 Å². The summed E-state index contributed by atoms with van der Waals surface area (Å²) in [7, 11) is 1.85. The Morgan fingerprint density at radius 1 is 1.50 bits per heavy atom. The van der Waals surface area contributed by atoms with E-state index in [0.29, 0.717) is 11.6 Å². The molecule has 0 spiro atoms. The normalized spacial score (nSPS) is 12.5. The van der Waals surface area contributed by atoms with Gasteiger partial charge in [0.1, 0.15) is 12.4 Å². The van der Waals surface area contributed by atoms with E-state index in [4.69, 9.17) is 22.1 Å². The van der Waals surface area contributed by atoms with Crippen molar-refractivity contribution >= 4 is 27.5 Å². The number of ether oxygens (including phenoxy) is 1. The van der Waals surface area contributed by atoms with E-state index in [1.165, 1.54) is 0 Å². The molecule has 1 unspecified atom stereocenters. The molecule has 1 aromatic heterocycles. The van der Waals surface area contributed by atoms with Crippen LogP contribution >= 0.6 is 27.5 Å². The third-order valence-electron chi connectivity index (χ3n) is 3.09. The highest BCUT2D eigenvalue weighted by Gasteiger charge is 2.14. The van der Waals surface area contributed by atoms with Crippen LogP contribution in [-0.4, -0.2) is 9.78 Å². The maximum atomic E-state index is 6.22. The molecule has 0 bridgehead atoms. The molecule has 0 radical (unpaired) electrons. The number of aryl methyl sites for hydroxylation is 2. The number of rotatable bonds is 4. The van der Waals surface area contributed by atoms with Crippen LogP contribution in [0.4, 0.5) is 0 Å².